The van der Waals surface area contributed by atoms with Crippen molar-refractivity contribution >= 4 is 43.5 Å². The van der Waals surface area contributed by atoms with Crippen molar-refractivity contribution in [2.45, 2.75) is 19.4 Å². The lowest BCUT2D eigenvalue weighted by Crippen LogP contribution is -2.34. The number of amides is 1. The molecule has 0 saturated heterocycles. The average Bonchev–Trinajstić information content (AvgIpc) is 2.20. The second-order valence-corrected chi connectivity index (χ2v) is 4.90. The molecule has 0 aliphatic heterocycles. The van der Waals surface area contributed by atoms with Crippen LogP contribution in [-0.2, 0) is 4.79 Å². The first kappa shape index (κ1) is 12.7. The summed E-state index contributed by atoms with van der Waals surface area (Å²) in [5.41, 5.74) is 6.34. The summed E-state index contributed by atoms with van der Waals surface area (Å²) in [6.07, 6.45) is 0.625. The quantitative estimate of drug-likeness (QED) is 0.892. The van der Waals surface area contributed by atoms with Crippen LogP contribution < -0.4 is 11.1 Å². The Morgan fingerprint density at radius 2 is 2.20 bits per heavy atom. The molecule has 0 aliphatic carbocycles. The van der Waals surface area contributed by atoms with Gasteiger partial charge in [-0.05, 0) is 40.5 Å². The summed E-state index contributed by atoms with van der Waals surface area (Å²) in [5, 5.41) is 2.76. The number of hydrogen-bond donors (Lipinski definition) is 2. The van der Waals surface area contributed by atoms with E-state index >= 15 is 0 Å². The Morgan fingerprint density at radius 1 is 1.53 bits per heavy atom. The van der Waals surface area contributed by atoms with Crippen LogP contribution in [0.15, 0.2) is 27.1 Å². The SMILES string of the molecule is CC[C@@H](N)C(=O)Nc1ccc(Br)cc1Br. The molecular weight excluding hydrogens is 324 g/mol. The number of carbonyl (C=O) groups is 1. The molecule has 0 spiro atoms. The van der Waals surface area contributed by atoms with Crippen LogP contribution in [0.25, 0.3) is 0 Å². The van der Waals surface area contributed by atoms with Crippen molar-refractivity contribution in [2.24, 2.45) is 5.73 Å². The van der Waals surface area contributed by atoms with Gasteiger partial charge in [0, 0.05) is 8.95 Å². The maximum atomic E-state index is 11.5. The highest BCUT2D eigenvalue weighted by Gasteiger charge is 2.12. The Hall–Kier alpha value is -0.390. The first-order valence-electron chi connectivity index (χ1n) is 4.56. The molecule has 3 nitrogen and oxygen atoms in total. The van der Waals surface area contributed by atoms with Gasteiger partial charge in [0.2, 0.25) is 5.91 Å². The van der Waals surface area contributed by atoms with Crippen molar-refractivity contribution in [1.29, 1.82) is 0 Å². The van der Waals surface area contributed by atoms with Gasteiger partial charge in [-0.25, -0.2) is 0 Å². The van der Waals surface area contributed by atoms with Crippen LogP contribution in [0.4, 0.5) is 5.69 Å². The van der Waals surface area contributed by atoms with Crippen LogP contribution in [0.5, 0.6) is 0 Å². The number of benzene rings is 1. The summed E-state index contributed by atoms with van der Waals surface area (Å²) in [4.78, 5) is 11.5. The highest BCUT2D eigenvalue weighted by molar-refractivity contribution is 9.11. The van der Waals surface area contributed by atoms with E-state index in [1.54, 1.807) is 0 Å². The summed E-state index contributed by atoms with van der Waals surface area (Å²) >= 11 is 6.70. The molecule has 5 heteroatoms. The van der Waals surface area contributed by atoms with E-state index in [9.17, 15) is 4.79 Å². The van der Waals surface area contributed by atoms with Crippen LogP contribution in [0, 0.1) is 0 Å². The van der Waals surface area contributed by atoms with Gasteiger partial charge in [-0.15, -0.1) is 0 Å². The number of hydrogen-bond acceptors (Lipinski definition) is 2. The van der Waals surface area contributed by atoms with Crippen LogP contribution in [-0.4, -0.2) is 11.9 Å². The molecule has 0 unspecified atom stereocenters. The fraction of sp³-hybridized carbons (Fsp3) is 0.300. The summed E-state index contributed by atoms with van der Waals surface area (Å²) in [6.45, 7) is 1.88. The molecule has 0 heterocycles. The first-order chi connectivity index (χ1) is 7.04. The molecule has 1 rings (SSSR count). The Morgan fingerprint density at radius 3 is 2.73 bits per heavy atom. The fourth-order valence-corrected chi connectivity index (χ4v) is 2.15. The number of nitrogens with two attached hydrogens (primary N) is 1. The summed E-state index contributed by atoms with van der Waals surface area (Å²) < 4.78 is 1.78. The zero-order valence-corrected chi connectivity index (χ0v) is 11.4. The monoisotopic (exact) mass is 334 g/mol. The van der Waals surface area contributed by atoms with Crippen molar-refractivity contribution in [2.75, 3.05) is 5.32 Å². The minimum absolute atomic E-state index is 0.166. The first-order valence-corrected chi connectivity index (χ1v) is 6.14. The summed E-state index contributed by atoms with van der Waals surface area (Å²) in [5.74, 6) is -0.166. The van der Waals surface area contributed by atoms with Gasteiger partial charge in [0.15, 0.2) is 0 Å². The van der Waals surface area contributed by atoms with Crippen molar-refractivity contribution in [1.82, 2.24) is 0 Å². The minimum atomic E-state index is -0.458. The smallest absolute Gasteiger partial charge is 0.241 e. The zero-order chi connectivity index (χ0) is 11.4. The molecule has 3 N–H and O–H groups in total. The molecule has 1 aromatic carbocycles. The van der Waals surface area contributed by atoms with Crippen molar-refractivity contribution in [3.05, 3.63) is 27.1 Å². The topological polar surface area (TPSA) is 55.1 Å². The maximum Gasteiger partial charge on any atom is 0.241 e. The predicted molar refractivity (Wildman–Crippen MR) is 68.7 cm³/mol. The molecule has 0 radical (unpaired) electrons. The van der Waals surface area contributed by atoms with E-state index in [2.05, 4.69) is 37.2 Å². The highest BCUT2D eigenvalue weighted by Crippen LogP contribution is 2.26. The zero-order valence-electron chi connectivity index (χ0n) is 8.26. The molecule has 0 fully saturated rings. The van der Waals surface area contributed by atoms with Gasteiger partial charge in [-0.2, -0.15) is 0 Å². The number of anilines is 1. The van der Waals surface area contributed by atoms with E-state index in [0.29, 0.717) is 6.42 Å². The summed E-state index contributed by atoms with van der Waals surface area (Å²) in [6, 6.07) is 5.08. The minimum Gasteiger partial charge on any atom is -0.324 e. The number of rotatable bonds is 3. The Bertz CT molecular complexity index is 368. The van der Waals surface area contributed by atoms with Gasteiger partial charge >= 0.3 is 0 Å². The molecular formula is C10H12Br2N2O. The predicted octanol–water partition coefficient (Wildman–Crippen LogP) is 2.89. The van der Waals surface area contributed by atoms with Gasteiger partial charge in [-0.1, -0.05) is 22.9 Å². The third kappa shape index (κ3) is 3.59. The number of nitrogens with one attached hydrogen (secondary N) is 1. The largest absolute Gasteiger partial charge is 0.324 e. The third-order valence-corrected chi connectivity index (χ3v) is 3.11. The van der Waals surface area contributed by atoms with Gasteiger partial charge in [0.05, 0.1) is 11.7 Å². The Balaban J connectivity index is 2.77. The molecule has 0 saturated carbocycles. The molecule has 82 valence electrons. The van der Waals surface area contributed by atoms with Gasteiger partial charge in [0.25, 0.3) is 0 Å². The van der Waals surface area contributed by atoms with E-state index in [4.69, 9.17) is 5.73 Å². The second kappa shape index (κ2) is 5.63. The second-order valence-electron chi connectivity index (χ2n) is 3.13. The highest BCUT2D eigenvalue weighted by atomic mass is 79.9. The van der Waals surface area contributed by atoms with Crippen molar-refractivity contribution < 1.29 is 4.79 Å². The normalized spacial score (nSPS) is 12.3. The lowest BCUT2D eigenvalue weighted by atomic mass is 10.2. The number of halogens is 2. The fourth-order valence-electron chi connectivity index (χ4n) is 1.00. The Labute approximate surface area is 106 Å². The Kier molecular flexibility index (Phi) is 4.76. The van der Waals surface area contributed by atoms with Gasteiger partial charge < -0.3 is 11.1 Å². The van der Waals surface area contributed by atoms with Crippen LogP contribution >= 0.6 is 31.9 Å². The van der Waals surface area contributed by atoms with E-state index in [1.165, 1.54) is 0 Å². The lowest BCUT2D eigenvalue weighted by molar-refractivity contribution is -0.117. The van der Waals surface area contributed by atoms with Crippen LogP contribution in [0.2, 0.25) is 0 Å². The maximum absolute atomic E-state index is 11.5. The van der Waals surface area contributed by atoms with E-state index in [-0.39, 0.29) is 5.91 Å². The molecule has 0 bridgehead atoms. The van der Waals surface area contributed by atoms with Crippen LogP contribution in [0.3, 0.4) is 0 Å². The van der Waals surface area contributed by atoms with E-state index < -0.39 is 6.04 Å². The average molecular weight is 336 g/mol. The molecule has 1 aromatic rings. The van der Waals surface area contributed by atoms with Crippen molar-refractivity contribution in [3.63, 3.8) is 0 Å². The van der Waals surface area contributed by atoms with Gasteiger partial charge in [0.1, 0.15) is 0 Å². The lowest BCUT2D eigenvalue weighted by Gasteiger charge is -2.11. The van der Waals surface area contributed by atoms with Gasteiger partial charge in [-0.3, -0.25) is 4.79 Å². The third-order valence-electron chi connectivity index (χ3n) is 1.97. The standard InChI is InChI=1S/C10H12Br2N2O/c1-2-8(13)10(15)14-9-4-3-6(11)5-7(9)12/h3-5,8H,2,13H2,1H3,(H,14,15)/t8-/m1/s1. The molecule has 1 atom stereocenters. The number of carbonyl (C=O) groups excluding carboxylic acids is 1. The van der Waals surface area contributed by atoms with E-state index in [0.717, 1.165) is 14.6 Å². The van der Waals surface area contributed by atoms with E-state index in [1.807, 2.05) is 25.1 Å². The molecule has 15 heavy (non-hydrogen) atoms. The van der Waals surface area contributed by atoms with Crippen LogP contribution in [0.1, 0.15) is 13.3 Å². The molecule has 0 aromatic heterocycles. The molecule has 1 amide bonds. The summed E-state index contributed by atoms with van der Waals surface area (Å²) in [7, 11) is 0. The molecule has 0 aliphatic rings. The van der Waals surface area contributed by atoms with Crippen molar-refractivity contribution in [3.8, 4) is 0 Å².